The molecule has 0 unspecified atom stereocenters. The van der Waals surface area contributed by atoms with Crippen molar-refractivity contribution in [2.24, 2.45) is 0 Å². The third-order valence-electron chi connectivity index (χ3n) is 3.86. The minimum atomic E-state index is -3.97. The molecule has 0 aliphatic carbocycles. The molecule has 1 N–H and O–H groups in total. The Kier molecular flexibility index (Phi) is 5.69. The largest absolute Gasteiger partial charge is 0.289 e. The Hall–Kier alpha value is -2.25. The lowest BCUT2D eigenvalue weighted by molar-refractivity contribution is -0.387. The molecule has 0 atom stereocenters. The summed E-state index contributed by atoms with van der Waals surface area (Å²) in [5.41, 5.74) is 2.63. The molecule has 2 aromatic carbocycles. The number of rotatable bonds is 7. The van der Waals surface area contributed by atoms with E-state index in [0.717, 1.165) is 29.5 Å². The van der Waals surface area contributed by atoms with Crippen LogP contribution >= 0.6 is 0 Å². The summed E-state index contributed by atoms with van der Waals surface area (Å²) in [6, 6.07) is 11.3. The number of nitro groups is 1. The van der Waals surface area contributed by atoms with Crippen molar-refractivity contribution in [3.05, 3.63) is 69.3 Å². The van der Waals surface area contributed by atoms with E-state index in [4.69, 9.17) is 0 Å². The second-order valence-corrected chi connectivity index (χ2v) is 7.09. The van der Waals surface area contributed by atoms with Gasteiger partial charge in [0.2, 0.25) is 10.0 Å². The van der Waals surface area contributed by atoms with Crippen molar-refractivity contribution >= 4 is 15.7 Å². The van der Waals surface area contributed by atoms with Crippen LogP contribution in [0.1, 0.15) is 30.5 Å². The van der Waals surface area contributed by atoms with Gasteiger partial charge in [0.25, 0.3) is 5.69 Å². The number of aryl methyl sites for hydroxylation is 2. The normalized spacial score (nSPS) is 11.4. The minimum Gasteiger partial charge on any atom is -0.258 e. The topological polar surface area (TPSA) is 89.3 Å². The summed E-state index contributed by atoms with van der Waals surface area (Å²) in [6.07, 6.45) is 1.64. The summed E-state index contributed by atoms with van der Waals surface area (Å²) in [5.74, 6) is 0. The molecule has 0 saturated heterocycles. The van der Waals surface area contributed by atoms with Crippen LogP contribution in [0.15, 0.2) is 47.4 Å². The van der Waals surface area contributed by atoms with Crippen LogP contribution in [0.3, 0.4) is 0 Å². The van der Waals surface area contributed by atoms with Gasteiger partial charge in [-0.25, -0.2) is 13.1 Å². The summed E-state index contributed by atoms with van der Waals surface area (Å²) in [5, 5.41) is 11.0. The summed E-state index contributed by atoms with van der Waals surface area (Å²) in [4.78, 5) is 10.0. The highest BCUT2D eigenvalue weighted by atomic mass is 32.2. The van der Waals surface area contributed by atoms with Gasteiger partial charge in [-0.15, -0.1) is 0 Å². The Morgan fingerprint density at radius 3 is 2.38 bits per heavy atom. The van der Waals surface area contributed by atoms with Crippen molar-refractivity contribution in [1.29, 1.82) is 0 Å². The molecule has 0 radical (unpaired) electrons. The highest BCUT2D eigenvalue weighted by molar-refractivity contribution is 7.89. The number of hydrogen-bond donors (Lipinski definition) is 1. The van der Waals surface area contributed by atoms with E-state index in [-0.39, 0.29) is 11.4 Å². The van der Waals surface area contributed by atoms with Gasteiger partial charge in [-0.2, -0.15) is 0 Å². The van der Waals surface area contributed by atoms with Gasteiger partial charge in [0.05, 0.1) is 4.92 Å². The standard InChI is InChI=1S/C17H20N2O4S/c1-3-13-9-10-14(4-2)15(11-13)12-18-24(22,23)17-8-6-5-7-16(17)19(20)21/h5-11,18H,3-4,12H2,1-2H3. The number of nitro benzene ring substituents is 1. The summed E-state index contributed by atoms with van der Waals surface area (Å²) in [6.45, 7) is 4.13. The van der Waals surface area contributed by atoms with Crippen molar-refractivity contribution < 1.29 is 13.3 Å². The Morgan fingerprint density at radius 1 is 1.04 bits per heavy atom. The van der Waals surface area contributed by atoms with E-state index < -0.39 is 20.6 Å². The molecule has 128 valence electrons. The van der Waals surface area contributed by atoms with Crippen molar-refractivity contribution in [1.82, 2.24) is 4.72 Å². The quantitative estimate of drug-likeness (QED) is 0.614. The predicted octanol–water partition coefficient (Wildman–Crippen LogP) is 3.20. The zero-order valence-electron chi connectivity index (χ0n) is 13.7. The molecule has 0 aliphatic heterocycles. The van der Waals surface area contributed by atoms with E-state index in [0.29, 0.717) is 0 Å². The lowest BCUT2D eigenvalue weighted by Gasteiger charge is -2.12. The first-order valence-corrected chi connectivity index (χ1v) is 9.21. The monoisotopic (exact) mass is 348 g/mol. The summed E-state index contributed by atoms with van der Waals surface area (Å²) in [7, 11) is -3.97. The van der Waals surface area contributed by atoms with E-state index in [1.807, 2.05) is 32.0 Å². The third-order valence-corrected chi connectivity index (χ3v) is 5.31. The molecule has 6 nitrogen and oxygen atoms in total. The molecule has 0 saturated carbocycles. The molecule has 2 aromatic rings. The predicted molar refractivity (Wildman–Crippen MR) is 92.3 cm³/mol. The smallest absolute Gasteiger partial charge is 0.258 e. The lowest BCUT2D eigenvalue weighted by Crippen LogP contribution is -2.24. The maximum atomic E-state index is 12.5. The first-order chi connectivity index (χ1) is 11.4. The fourth-order valence-corrected chi connectivity index (χ4v) is 3.67. The highest BCUT2D eigenvalue weighted by Crippen LogP contribution is 2.23. The SMILES string of the molecule is CCc1ccc(CC)c(CNS(=O)(=O)c2ccccc2[N+](=O)[O-])c1. The molecule has 0 bridgehead atoms. The zero-order valence-corrected chi connectivity index (χ0v) is 14.5. The van der Waals surface area contributed by atoms with Crippen LogP contribution in [0, 0.1) is 10.1 Å². The molecule has 0 heterocycles. The lowest BCUT2D eigenvalue weighted by atomic mass is 10.0. The molecule has 0 amide bonds. The Balaban J connectivity index is 2.30. The number of sulfonamides is 1. The van der Waals surface area contributed by atoms with Crippen molar-refractivity contribution in [2.45, 2.75) is 38.1 Å². The van der Waals surface area contributed by atoms with Crippen molar-refractivity contribution in [2.75, 3.05) is 0 Å². The zero-order chi connectivity index (χ0) is 17.7. The minimum absolute atomic E-state index is 0.103. The Morgan fingerprint density at radius 2 is 1.75 bits per heavy atom. The number of benzene rings is 2. The molecule has 0 fully saturated rings. The van der Waals surface area contributed by atoms with E-state index in [2.05, 4.69) is 4.72 Å². The average molecular weight is 348 g/mol. The molecule has 0 spiro atoms. The van der Waals surface area contributed by atoms with Crippen LogP contribution in [0.2, 0.25) is 0 Å². The van der Waals surface area contributed by atoms with E-state index in [1.165, 1.54) is 24.3 Å². The van der Waals surface area contributed by atoms with Gasteiger partial charge >= 0.3 is 0 Å². The number of nitrogens with one attached hydrogen (secondary N) is 1. The molecule has 7 heteroatoms. The van der Waals surface area contributed by atoms with E-state index in [9.17, 15) is 18.5 Å². The summed E-state index contributed by atoms with van der Waals surface area (Å²) < 4.78 is 27.4. The van der Waals surface area contributed by atoms with Gasteiger partial charge < -0.3 is 0 Å². The number of para-hydroxylation sites is 1. The summed E-state index contributed by atoms with van der Waals surface area (Å²) >= 11 is 0. The molecule has 24 heavy (non-hydrogen) atoms. The van der Waals surface area contributed by atoms with Gasteiger partial charge in [-0.1, -0.05) is 44.2 Å². The van der Waals surface area contributed by atoms with Crippen LogP contribution in [-0.4, -0.2) is 13.3 Å². The fraction of sp³-hybridized carbons (Fsp3) is 0.294. The first-order valence-electron chi connectivity index (χ1n) is 7.72. The van der Waals surface area contributed by atoms with Gasteiger partial charge in [0.15, 0.2) is 4.90 Å². The molecular weight excluding hydrogens is 328 g/mol. The maximum Gasteiger partial charge on any atom is 0.289 e. The van der Waals surface area contributed by atoms with Crippen LogP contribution < -0.4 is 4.72 Å². The highest BCUT2D eigenvalue weighted by Gasteiger charge is 2.24. The van der Waals surface area contributed by atoms with E-state index in [1.54, 1.807) is 0 Å². The maximum absolute atomic E-state index is 12.5. The number of nitrogens with zero attached hydrogens (tertiary/aromatic N) is 1. The van der Waals surface area contributed by atoms with Gasteiger partial charge in [0.1, 0.15) is 0 Å². The Bertz CT molecular complexity index is 847. The second-order valence-electron chi connectivity index (χ2n) is 5.36. The molecule has 2 rings (SSSR count). The van der Waals surface area contributed by atoms with Crippen LogP contribution in [0.4, 0.5) is 5.69 Å². The van der Waals surface area contributed by atoms with Gasteiger partial charge in [-0.3, -0.25) is 10.1 Å². The average Bonchev–Trinajstić information content (AvgIpc) is 2.59. The van der Waals surface area contributed by atoms with Crippen molar-refractivity contribution in [3.63, 3.8) is 0 Å². The number of hydrogen-bond acceptors (Lipinski definition) is 4. The molecule has 0 aromatic heterocycles. The van der Waals surface area contributed by atoms with Crippen molar-refractivity contribution in [3.8, 4) is 0 Å². The van der Waals surface area contributed by atoms with Crippen LogP contribution in [0.5, 0.6) is 0 Å². The third kappa shape index (κ3) is 3.98. The van der Waals surface area contributed by atoms with Gasteiger partial charge in [-0.05, 0) is 35.6 Å². The molecular formula is C17H20N2O4S. The van der Waals surface area contributed by atoms with Crippen LogP contribution in [0.25, 0.3) is 0 Å². The van der Waals surface area contributed by atoms with Gasteiger partial charge in [0, 0.05) is 12.6 Å². The second kappa shape index (κ2) is 7.55. The van der Waals surface area contributed by atoms with Crippen LogP contribution in [-0.2, 0) is 29.4 Å². The Labute approximate surface area is 141 Å². The molecule has 0 aliphatic rings. The fourth-order valence-electron chi connectivity index (χ4n) is 2.49. The van der Waals surface area contributed by atoms with E-state index >= 15 is 0 Å². The first kappa shape index (κ1) is 18.1.